The van der Waals surface area contributed by atoms with Gasteiger partial charge in [-0.15, -0.1) is 10.2 Å². The smallest absolute Gasteiger partial charge is 0.143 e. The average molecular weight is 323 g/mol. The Balaban J connectivity index is 2.31. The number of phenolic OH excluding ortho intramolecular Hbond substituents is 1. The summed E-state index contributed by atoms with van der Waals surface area (Å²) in [7, 11) is 0. The maximum absolute atomic E-state index is 9.87. The molecule has 0 radical (unpaired) electrons. The molecule has 0 aliphatic rings. The van der Waals surface area contributed by atoms with Crippen LogP contribution >= 0.6 is 23.2 Å². The van der Waals surface area contributed by atoms with Crippen LogP contribution in [0.15, 0.2) is 46.6 Å². The predicted molar refractivity (Wildman–Crippen MR) is 87.5 cm³/mol. The number of aromatic hydroxyl groups is 1. The van der Waals surface area contributed by atoms with E-state index >= 15 is 0 Å². The fourth-order valence-electron chi connectivity index (χ4n) is 1.83. The van der Waals surface area contributed by atoms with Crippen LogP contribution in [0.2, 0.25) is 10.0 Å². The quantitative estimate of drug-likeness (QED) is 0.631. The molecule has 2 aromatic carbocycles. The Morgan fingerprint density at radius 3 is 2.43 bits per heavy atom. The van der Waals surface area contributed by atoms with Gasteiger partial charge in [-0.3, -0.25) is 0 Å². The van der Waals surface area contributed by atoms with Crippen LogP contribution in [0.5, 0.6) is 5.75 Å². The van der Waals surface area contributed by atoms with Gasteiger partial charge < -0.3 is 5.11 Å². The van der Waals surface area contributed by atoms with Crippen molar-refractivity contribution in [1.29, 1.82) is 0 Å². The Labute approximate surface area is 134 Å². The first-order valence-corrected chi connectivity index (χ1v) is 7.46. The van der Waals surface area contributed by atoms with Gasteiger partial charge >= 0.3 is 0 Å². The lowest BCUT2D eigenvalue weighted by Gasteiger charge is -2.09. The van der Waals surface area contributed by atoms with Crippen molar-refractivity contribution in [2.24, 2.45) is 10.2 Å². The second kappa shape index (κ2) is 6.92. The number of nitrogens with zero attached hydrogens (tertiary/aromatic N) is 2. The highest BCUT2D eigenvalue weighted by Crippen LogP contribution is 2.34. The molecule has 1 N–H and O–H groups in total. The van der Waals surface area contributed by atoms with Crippen molar-refractivity contribution in [3.63, 3.8) is 0 Å². The molecule has 0 aromatic heterocycles. The Morgan fingerprint density at radius 2 is 1.76 bits per heavy atom. The molecule has 0 bridgehead atoms. The second-order valence-electron chi connectivity index (χ2n) is 4.85. The minimum atomic E-state index is 0.0934. The van der Waals surface area contributed by atoms with Crippen LogP contribution in [0, 0.1) is 0 Å². The first-order chi connectivity index (χ1) is 10.0. The van der Waals surface area contributed by atoms with Crippen molar-refractivity contribution in [2.75, 3.05) is 0 Å². The molecular weight excluding hydrogens is 307 g/mol. The molecule has 2 rings (SSSR count). The average Bonchev–Trinajstić information content (AvgIpc) is 2.47. The molecule has 0 aliphatic heterocycles. The van der Waals surface area contributed by atoms with Crippen molar-refractivity contribution in [3.05, 3.63) is 52.0 Å². The maximum Gasteiger partial charge on any atom is 0.143 e. The molecule has 0 saturated heterocycles. The molecule has 110 valence electrons. The minimum absolute atomic E-state index is 0.0934. The number of hydrogen-bond donors (Lipinski definition) is 1. The Bertz CT molecular complexity index is 671. The van der Waals surface area contributed by atoms with Crippen molar-refractivity contribution in [2.45, 2.75) is 26.2 Å². The Hall–Kier alpha value is -1.58. The molecule has 0 fully saturated rings. The summed E-state index contributed by atoms with van der Waals surface area (Å²) in [4.78, 5) is 0. The lowest BCUT2D eigenvalue weighted by Crippen LogP contribution is -1.90. The van der Waals surface area contributed by atoms with Crippen LogP contribution in [-0.2, 0) is 0 Å². The topological polar surface area (TPSA) is 45.0 Å². The summed E-state index contributed by atoms with van der Waals surface area (Å²) in [5, 5.41) is 19.0. The zero-order chi connectivity index (χ0) is 15.4. The van der Waals surface area contributed by atoms with Crippen LogP contribution in [0.3, 0.4) is 0 Å². The van der Waals surface area contributed by atoms with Gasteiger partial charge in [0.15, 0.2) is 0 Å². The fraction of sp³-hybridized carbons (Fsp3) is 0.250. The summed E-state index contributed by atoms with van der Waals surface area (Å²) >= 11 is 11.9. The van der Waals surface area contributed by atoms with Gasteiger partial charge in [-0.1, -0.05) is 43.1 Å². The third-order valence-electron chi connectivity index (χ3n) is 3.36. The molecule has 2 aromatic rings. The lowest BCUT2D eigenvalue weighted by molar-refractivity contribution is 0.476. The van der Waals surface area contributed by atoms with E-state index in [9.17, 15) is 5.11 Å². The van der Waals surface area contributed by atoms with E-state index in [0.717, 1.165) is 12.0 Å². The molecule has 0 saturated carbocycles. The summed E-state index contributed by atoms with van der Waals surface area (Å²) in [6.45, 7) is 4.25. The van der Waals surface area contributed by atoms with Gasteiger partial charge in [-0.05, 0) is 48.2 Å². The first kappa shape index (κ1) is 15.8. The molecule has 0 amide bonds. The fourth-order valence-corrected chi connectivity index (χ4v) is 2.28. The summed E-state index contributed by atoms with van der Waals surface area (Å²) in [5.41, 5.74) is 2.06. The second-order valence-corrected chi connectivity index (χ2v) is 5.70. The zero-order valence-corrected chi connectivity index (χ0v) is 13.4. The minimum Gasteiger partial charge on any atom is -0.506 e. The lowest BCUT2D eigenvalue weighted by atomic mass is 9.98. The summed E-state index contributed by atoms with van der Waals surface area (Å²) in [6, 6.07) is 10.4. The Kier molecular flexibility index (Phi) is 5.21. The van der Waals surface area contributed by atoms with Gasteiger partial charge in [0, 0.05) is 5.02 Å². The number of rotatable bonds is 4. The van der Waals surface area contributed by atoms with E-state index in [-0.39, 0.29) is 5.75 Å². The van der Waals surface area contributed by atoms with E-state index < -0.39 is 0 Å². The van der Waals surface area contributed by atoms with E-state index in [1.165, 1.54) is 0 Å². The van der Waals surface area contributed by atoms with E-state index in [1.54, 1.807) is 24.3 Å². The molecule has 1 unspecified atom stereocenters. The van der Waals surface area contributed by atoms with Crippen molar-refractivity contribution in [3.8, 4) is 5.75 Å². The van der Waals surface area contributed by atoms with Crippen LogP contribution in [0.25, 0.3) is 0 Å². The number of hydrogen-bond acceptors (Lipinski definition) is 3. The monoisotopic (exact) mass is 322 g/mol. The largest absolute Gasteiger partial charge is 0.506 e. The van der Waals surface area contributed by atoms with Gasteiger partial charge in [-0.25, -0.2) is 0 Å². The highest BCUT2D eigenvalue weighted by molar-refractivity contribution is 6.36. The van der Waals surface area contributed by atoms with Gasteiger partial charge in [0.1, 0.15) is 17.1 Å². The van der Waals surface area contributed by atoms with Gasteiger partial charge in [0.05, 0.1) is 5.02 Å². The number of azo groups is 1. The third-order valence-corrected chi connectivity index (χ3v) is 3.89. The van der Waals surface area contributed by atoms with Crippen molar-refractivity contribution < 1.29 is 5.11 Å². The molecule has 1 atom stereocenters. The van der Waals surface area contributed by atoms with Gasteiger partial charge in [0.25, 0.3) is 0 Å². The maximum atomic E-state index is 9.87. The SMILES string of the molecule is CCC(C)c1ccc(O)c(N=Nc2ccc(Cl)cc2Cl)c1. The first-order valence-electron chi connectivity index (χ1n) is 6.71. The Morgan fingerprint density at radius 1 is 1.05 bits per heavy atom. The summed E-state index contributed by atoms with van der Waals surface area (Å²) in [6.07, 6.45) is 1.02. The number of benzene rings is 2. The molecule has 0 heterocycles. The number of phenols is 1. The highest BCUT2D eigenvalue weighted by Gasteiger charge is 2.07. The molecule has 0 spiro atoms. The third kappa shape index (κ3) is 3.96. The molecular formula is C16H16Cl2N2O. The zero-order valence-electron chi connectivity index (χ0n) is 11.8. The molecule has 21 heavy (non-hydrogen) atoms. The molecule has 0 aliphatic carbocycles. The summed E-state index contributed by atoms with van der Waals surface area (Å²) < 4.78 is 0. The van der Waals surface area contributed by atoms with Crippen LogP contribution < -0.4 is 0 Å². The summed E-state index contributed by atoms with van der Waals surface area (Å²) in [5.74, 6) is 0.495. The van der Waals surface area contributed by atoms with Crippen molar-refractivity contribution >= 4 is 34.6 Å². The molecule has 5 heteroatoms. The normalized spacial score (nSPS) is 12.8. The standard InChI is InChI=1S/C16H16Cl2N2O/c1-3-10(2)11-4-7-16(21)15(8-11)20-19-14-6-5-12(17)9-13(14)18/h4-10,21H,3H2,1-2H3. The van der Waals surface area contributed by atoms with Gasteiger partial charge in [0.2, 0.25) is 0 Å². The van der Waals surface area contributed by atoms with E-state index in [2.05, 4.69) is 24.1 Å². The predicted octanol–water partition coefficient (Wildman–Crippen LogP) is 6.63. The van der Waals surface area contributed by atoms with E-state index in [0.29, 0.717) is 27.3 Å². The van der Waals surface area contributed by atoms with E-state index in [1.807, 2.05) is 12.1 Å². The van der Waals surface area contributed by atoms with Crippen LogP contribution in [-0.4, -0.2) is 5.11 Å². The highest BCUT2D eigenvalue weighted by atomic mass is 35.5. The van der Waals surface area contributed by atoms with Crippen LogP contribution in [0.4, 0.5) is 11.4 Å². The van der Waals surface area contributed by atoms with Crippen molar-refractivity contribution in [1.82, 2.24) is 0 Å². The molecule has 3 nitrogen and oxygen atoms in total. The van der Waals surface area contributed by atoms with Crippen LogP contribution in [0.1, 0.15) is 31.7 Å². The van der Waals surface area contributed by atoms with Gasteiger partial charge in [-0.2, -0.15) is 0 Å². The number of halogens is 2. The van der Waals surface area contributed by atoms with E-state index in [4.69, 9.17) is 23.2 Å².